The maximum Gasteiger partial charge on any atom is 0.306 e. The number of hydrogen-bond donors (Lipinski definition) is 1. The summed E-state index contributed by atoms with van der Waals surface area (Å²) in [6.07, 6.45) is 85.3. The molecule has 0 heterocycles. The van der Waals surface area contributed by atoms with Crippen molar-refractivity contribution in [3.05, 3.63) is 146 Å². The summed E-state index contributed by atoms with van der Waals surface area (Å²) < 4.78 is 30.3. The third-order valence-corrected chi connectivity index (χ3v) is 14.4. The number of carbonyl (C=O) groups excluding carboxylic acids is 2. The van der Waals surface area contributed by atoms with Gasteiger partial charge in [0.15, 0.2) is 0 Å². The number of allylic oxidation sites excluding steroid dienone is 23. The van der Waals surface area contributed by atoms with Crippen LogP contribution in [-0.4, -0.2) is 69.4 Å². The van der Waals surface area contributed by atoms with Gasteiger partial charge in [-0.05, 0) is 96.0 Å². The summed E-state index contributed by atoms with van der Waals surface area (Å²) in [5.41, 5.74) is 0. The fourth-order valence-corrected chi connectivity index (χ4v) is 9.24. The maximum atomic E-state index is 13.5. The Labute approximate surface area is 498 Å². The number of nitrogens with one attached hydrogen (secondary N) is 1. The van der Waals surface area contributed by atoms with Gasteiger partial charge in [0.25, 0.3) is 7.82 Å². The number of phosphoric ester groups is 1. The van der Waals surface area contributed by atoms with Gasteiger partial charge in [0, 0.05) is 12.8 Å². The van der Waals surface area contributed by atoms with E-state index in [4.69, 9.17) is 13.8 Å². The average Bonchev–Trinajstić information content (AvgIpc) is 3.44. The molecule has 0 aliphatic carbocycles. The van der Waals surface area contributed by atoms with Crippen LogP contribution in [0.2, 0.25) is 0 Å². The van der Waals surface area contributed by atoms with Crippen LogP contribution < -0.4 is 10.2 Å². The topological polar surface area (TPSA) is 114 Å². The Morgan fingerprint density at radius 1 is 0.457 bits per heavy atom. The zero-order valence-electron chi connectivity index (χ0n) is 52.4. The molecule has 3 atom stereocenters. The molecule has 0 saturated carbocycles. The molecule has 3 unspecified atom stereocenters. The van der Waals surface area contributed by atoms with Crippen molar-refractivity contribution in [1.29, 1.82) is 0 Å². The highest BCUT2D eigenvalue weighted by Gasteiger charge is 2.27. The van der Waals surface area contributed by atoms with Crippen molar-refractivity contribution in [2.75, 3.05) is 40.9 Å². The highest BCUT2D eigenvalue weighted by atomic mass is 31.2. The number of phosphoric acid groups is 1. The molecule has 1 N–H and O–H groups in total. The monoisotopic (exact) mass is 1140 g/mol. The first kappa shape index (κ1) is 76.9. The number of amides is 1. The van der Waals surface area contributed by atoms with Crippen molar-refractivity contribution >= 4 is 19.7 Å². The Hall–Kier alpha value is -4.11. The van der Waals surface area contributed by atoms with Crippen molar-refractivity contribution in [3.8, 4) is 0 Å². The van der Waals surface area contributed by atoms with Gasteiger partial charge >= 0.3 is 5.97 Å². The van der Waals surface area contributed by atoms with Crippen LogP contribution >= 0.6 is 7.82 Å². The van der Waals surface area contributed by atoms with E-state index in [9.17, 15) is 19.0 Å². The van der Waals surface area contributed by atoms with E-state index in [1.165, 1.54) is 89.9 Å². The van der Waals surface area contributed by atoms with Crippen molar-refractivity contribution in [1.82, 2.24) is 5.32 Å². The SMILES string of the molecule is CC\C=C/C=C/C=C/C=C\C=C\C=C\CCCCCC(=O)NC(COP(=O)([O-])OCC[N+](C)(C)C)C(/C=C\CCCCCCCCCCCCC)OC(=O)CCCCCCCCCCC/C=C\C/C=C\C/C=C\C/C=C\C/C=C\CC. The predicted octanol–water partition coefficient (Wildman–Crippen LogP) is 19.6. The van der Waals surface area contributed by atoms with Gasteiger partial charge in [0.1, 0.15) is 19.3 Å². The third-order valence-electron chi connectivity index (χ3n) is 13.4. The highest BCUT2D eigenvalue weighted by Crippen LogP contribution is 2.38. The molecule has 0 rings (SSSR count). The van der Waals surface area contributed by atoms with E-state index in [0.29, 0.717) is 23.9 Å². The molecule has 0 aromatic heterocycles. The Kier molecular flexibility index (Phi) is 56.1. The number of nitrogens with zero attached hydrogens (tertiary/aromatic N) is 1. The molecule has 0 spiro atoms. The molecule has 0 aliphatic rings. The van der Waals surface area contributed by atoms with E-state index in [1.807, 2.05) is 94.1 Å². The summed E-state index contributed by atoms with van der Waals surface area (Å²) in [5.74, 6) is -0.609. The maximum absolute atomic E-state index is 13.5. The fraction of sp³-hybridized carbons (Fsp3) is 0.634. The molecule has 0 radical (unpaired) electrons. The van der Waals surface area contributed by atoms with Crippen LogP contribution in [0, 0.1) is 0 Å². The lowest BCUT2D eigenvalue weighted by atomic mass is 10.0. The minimum atomic E-state index is -4.73. The molecule has 10 heteroatoms. The van der Waals surface area contributed by atoms with Crippen LogP contribution in [-0.2, 0) is 27.9 Å². The summed E-state index contributed by atoms with van der Waals surface area (Å²) in [7, 11) is 1.13. The van der Waals surface area contributed by atoms with Gasteiger partial charge in [-0.1, -0.05) is 276 Å². The Balaban J connectivity index is 5.29. The molecule has 0 fully saturated rings. The van der Waals surface area contributed by atoms with Crippen LogP contribution in [0.5, 0.6) is 0 Å². The first-order chi connectivity index (χ1) is 39.4. The van der Waals surface area contributed by atoms with Crippen LogP contribution in [0.1, 0.15) is 239 Å². The smallest absolute Gasteiger partial charge is 0.306 e. The van der Waals surface area contributed by atoms with Crippen molar-refractivity contribution in [2.24, 2.45) is 0 Å². The van der Waals surface area contributed by atoms with Gasteiger partial charge in [0.2, 0.25) is 5.91 Å². The molecule has 9 nitrogen and oxygen atoms in total. The van der Waals surface area contributed by atoms with E-state index < -0.39 is 26.6 Å². The second-order valence-corrected chi connectivity index (χ2v) is 23.7. The van der Waals surface area contributed by atoms with Gasteiger partial charge < -0.3 is 28.5 Å². The summed E-state index contributed by atoms with van der Waals surface area (Å²) in [6, 6.07) is -0.926. The lowest BCUT2D eigenvalue weighted by molar-refractivity contribution is -0.870. The number of hydrogen-bond acceptors (Lipinski definition) is 7. The second kappa shape index (κ2) is 59.1. The van der Waals surface area contributed by atoms with Crippen LogP contribution in [0.15, 0.2) is 146 Å². The largest absolute Gasteiger partial charge is 0.756 e. The predicted molar refractivity (Wildman–Crippen MR) is 348 cm³/mol. The number of unbranched alkanes of at least 4 members (excludes halogenated alkanes) is 23. The lowest BCUT2D eigenvalue weighted by Gasteiger charge is -2.30. The third kappa shape index (κ3) is 60.3. The molecule has 0 aromatic rings. The molecule has 0 bridgehead atoms. The lowest BCUT2D eigenvalue weighted by Crippen LogP contribution is -2.47. The average molecular weight is 1140 g/mol. The first-order valence-electron chi connectivity index (χ1n) is 32.2. The molecular formula is C71H119N2O7P. The van der Waals surface area contributed by atoms with Crippen LogP contribution in [0.4, 0.5) is 0 Å². The van der Waals surface area contributed by atoms with Crippen molar-refractivity contribution in [2.45, 2.75) is 251 Å². The quantitative estimate of drug-likeness (QED) is 0.0161. The van der Waals surface area contributed by atoms with Gasteiger partial charge in [-0.3, -0.25) is 14.2 Å². The van der Waals surface area contributed by atoms with Crippen molar-refractivity contribution in [3.63, 3.8) is 0 Å². The highest BCUT2D eigenvalue weighted by molar-refractivity contribution is 7.45. The van der Waals surface area contributed by atoms with Crippen molar-refractivity contribution < 1.29 is 37.3 Å². The number of rotatable bonds is 56. The standard InChI is InChI=1S/C71H119N2O7P/c1-7-10-13-16-19-22-25-28-30-32-33-34-35-36-37-38-39-41-43-46-49-52-55-58-61-64-71(75)80-69(62-59-56-53-50-47-44-27-24-21-18-15-12-9-3)68(67-79-81(76,77)78-66-65-73(4,5)6)72-70(74)63-60-57-54-51-48-45-42-40-31-29-26-23-20-17-14-11-8-2/h10-11,13-14,17,19-20,22-23,26,28-31,33-34,36-37,40,42,45,48,59,62,68-69H,7-9,12,15-16,18,21,24-25,27,32,35,38-39,41,43-44,46-47,49-58,60-61,63-67H2,1-6H3,(H-,72,74,76,77)/b13-10-,14-11-,20-17+,22-19-,26-23+,30-28-,31-29-,34-33-,37-36-,42-40+,48-45+,62-59-. The van der Waals surface area contributed by atoms with Gasteiger partial charge in [-0.2, -0.15) is 0 Å². The van der Waals surface area contributed by atoms with E-state index in [0.717, 1.165) is 103 Å². The minimum absolute atomic E-state index is 0.0409. The molecule has 0 aromatic carbocycles. The van der Waals surface area contributed by atoms with E-state index in [-0.39, 0.29) is 31.3 Å². The zero-order chi connectivity index (χ0) is 59.3. The van der Waals surface area contributed by atoms with E-state index in [1.54, 1.807) is 0 Å². The molecule has 0 aliphatic heterocycles. The number of quaternary nitrogens is 1. The number of esters is 1. The summed E-state index contributed by atoms with van der Waals surface area (Å²) in [5, 5.41) is 3.00. The van der Waals surface area contributed by atoms with E-state index >= 15 is 0 Å². The minimum Gasteiger partial charge on any atom is -0.756 e. The van der Waals surface area contributed by atoms with Gasteiger partial charge in [0.05, 0.1) is 33.8 Å². The fourth-order valence-electron chi connectivity index (χ4n) is 8.52. The van der Waals surface area contributed by atoms with Gasteiger partial charge in [-0.25, -0.2) is 0 Å². The molecule has 460 valence electrons. The molecule has 0 saturated heterocycles. The first-order valence-corrected chi connectivity index (χ1v) is 33.7. The summed E-state index contributed by atoms with van der Waals surface area (Å²) in [4.78, 5) is 40.1. The number of ether oxygens (including phenoxy) is 1. The zero-order valence-corrected chi connectivity index (χ0v) is 53.3. The Bertz CT molecular complexity index is 1890. The second-order valence-electron chi connectivity index (χ2n) is 22.3. The normalized spacial score (nSPS) is 14.6. The van der Waals surface area contributed by atoms with Crippen LogP contribution in [0.25, 0.3) is 0 Å². The number of likely N-dealkylation sites (N-methyl/N-ethyl adjacent to an activating group) is 1. The summed E-state index contributed by atoms with van der Waals surface area (Å²) in [6.45, 7) is 6.53. The van der Waals surface area contributed by atoms with Crippen LogP contribution in [0.3, 0.4) is 0 Å². The Morgan fingerprint density at radius 3 is 1.35 bits per heavy atom. The summed E-state index contributed by atoms with van der Waals surface area (Å²) >= 11 is 0. The Morgan fingerprint density at radius 2 is 0.852 bits per heavy atom. The van der Waals surface area contributed by atoms with Gasteiger partial charge in [-0.15, -0.1) is 0 Å². The molecule has 1 amide bonds. The number of carbonyl (C=O) groups is 2. The van der Waals surface area contributed by atoms with E-state index in [2.05, 4.69) is 99.0 Å². The molecular weight excluding hydrogens is 1020 g/mol. The molecule has 81 heavy (non-hydrogen) atoms.